The molecule has 1 saturated heterocycles. The maximum absolute atomic E-state index is 12.9. The highest BCUT2D eigenvalue weighted by Crippen LogP contribution is 2.28. The van der Waals surface area contributed by atoms with Crippen LogP contribution in [0.2, 0.25) is 0 Å². The van der Waals surface area contributed by atoms with Crippen LogP contribution in [0.1, 0.15) is 56.9 Å². The quantitative estimate of drug-likeness (QED) is 0.741. The predicted molar refractivity (Wildman–Crippen MR) is 76.4 cm³/mol. The molecule has 1 aromatic rings. The molecule has 2 rings (SSSR count). The van der Waals surface area contributed by atoms with Gasteiger partial charge in [0.1, 0.15) is 5.69 Å². The molecule has 1 aliphatic heterocycles. The van der Waals surface area contributed by atoms with Gasteiger partial charge in [-0.15, -0.1) is 0 Å². The summed E-state index contributed by atoms with van der Waals surface area (Å²) in [7, 11) is 0. The molecular formula is C15H25N3O. The van der Waals surface area contributed by atoms with E-state index in [1.807, 2.05) is 10.7 Å². The average Bonchev–Trinajstić information content (AvgIpc) is 3.08. The highest BCUT2D eigenvalue weighted by molar-refractivity contribution is 6.01. The molecule has 0 bridgehead atoms. The highest BCUT2D eigenvalue weighted by Gasteiger charge is 2.40. The number of hydrogen-bond acceptors (Lipinski definition) is 3. The Morgan fingerprint density at radius 2 is 2.05 bits per heavy atom. The molecule has 19 heavy (non-hydrogen) atoms. The van der Waals surface area contributed by atoms with E-state index in [9.17, 15) is 4.79 Å². The van der Waals surface area contributed by atoms with Crippen molar-refractivity contribution in [3.05, 3.63) is 18.0 Å². The molecule has 0 N–H and O–H groups in total. The van der Waals surface area contributed by atoms with Crippen LogP contribution < -0.4 is 0 Å². The lowest BCUT2D eigenvalue weighted by Crippen LogP contribution is -2.51. The van der Waals surface area contributed by atoms with E-state index in [2.05, 4.69) is 30.8 Å². The van der Waals surface area contributed by atoms with Crippen LogP contribution in [0.4, 0.5) is 0 Å². The Morgan fingerprint density at radius 3 is 2.63 bits per heavy atom. The molecule has 4 heteroatoms. The summed E-state index contributed by atoms with van der Waals surface area (Å²) in [5.41, 5.74) is 0.389. The van der Waals surface area contributed by atoms with Crippen LogP contribution >= 0.6 is 0 Å². The summed E-state index contributed by atoms with van der Waals surface area (Å²) >= 11 is 0. The van der Waals surface area contributed by atoms with Gasteiger partial charge < -0.3 is 0 Å². The van der Waals surface area contributed by atoms with Crippen molar-refractivity contribution in [1.82, 2.24) is 14.7 Å². The van der Waals surface area contributed by atoms with Gasteiger partial charge in [0.15, 0.2) is 0 Å². The van der Waals surface area contributed by atoms with E-state index < -0.39 is 0 Å². The first-order valence-corrected chi connectivity index (χ1v) is 7.45. The molecule has 0 aliphatic carbocycles. The zero-order valence-corrected chi connectivity index (χ0v) is 12.4. The molecule has 0 aromatic carbocycles. The molecule has 1 atom stereocenters. The zero-order chi connectivity index (χ0) is 13.9. The molecule has 0 spiro atoms. The Kier molecular flexibility index (Phi) is 4.40. The van der Waals surface area contributed by atoms with Gasteiger partial charge in [0.25, 0.3) is 0 Å². The van der Waals surface area contributed by atoms with Gasteiger partial charge in [0.2, 0.25) is 5.78 Å². The first-order chi connectivity index (χ1) is 9.13. The number of aromatic nitrogens is 2. The SMILES string of the molecule is CCCn1nccc1C(=O)C(C)(CC)N1CCCC1. The largest absolute Gasteiger partial charge is 0.291 e. The van der Waals surface area contributed by atoms with Gasteiger partial charge in [-0.1, -0.05) is 13.8 Å². The van der Waals surface area contributed by atoms with Crippen LogP contribution in [0.15, 0.2) is 12.3 Å². The fourth-order valence-electron chi connectivity index (χ4n) is 2.93. The summed E-state index contributed by atoms with van der Waals surface area (Å²) in [4.78, 5) is 15.3. The normalized spacial score (nSPS) is 19.5. The van der Waals surface area contributed by atoms with E-state index in [0.29, 0.717) is 0 Å². The minimum atomic E-state index is -0.373. The van der Waals surface area contributed by atoms with Crippen molar-refractivity contribution in [2.45, 2.75) is 58.5 Å². The third-order valence-electron chi connectivity index (χ3n) is 4.37. The molecule has 4 nitrogen and oxygen atoms in total. The van der Waals surface area contributed by atoms with E-state index in [1.54, 1.807) is 6.20 Å². The molecule has 1 fully saturated rings. The van der Waals surface area contributed by atoms with E-state index in [0.717, 1.165) is 38.2 Å². The predicted octanol–water partition coefficient (Wildman–Crippen LogP) is 2.74. The van der Waals surface area contributed by atoms with Crippen molar-refractivity contribution in [2.75, 3.05) is 13.1 Å². The standard InChI is InChI=1S/C15H25N3O/c1-4-10-18-13(8-9-16-18)14(19)15(3,5-2)17-11-6-7-12-17/h8-9H,4-7,10-12H2,1-3H3. The molecular weight excluding hydrogens is 238 g/mol. The van der Waals surface area contributed by atoms with Crippen LogP contribution in [-0.4, -0.2) is 39.1 Å². The van der Waals surface area contributed by atoms with Crippen LogP contribution in [-0.2, 0) is 6.54 Å². The van der Waals surface area contributed by atoms with Crippen LogP contribution in [0.3, 0.4) is 0 Å². The molecule has 0 amide bonds. The van der Waals surface area contributed by atoms with E-state index >= 15 is 0 Å². The first kappa shape index (κ1) is 14.3. The second kappa shape index (κ2) is 5.87. The Hall–Kier alpha value is -1.16. The van der Waals surface area contributed by atoms with E-state index in [1.165, 1.54) is 12.8 Å². The number of likely N-dealkylation sites (tertiary alicyclic amines) is 1. The summed E-state index contributed by atoms with van der Waals surface area (Å²) in [6.07, 6.45) is 5.99. The average molecular weight is 263 g/mol. The molecule has 1 aliphatic rings. The van der Waals surface area contributed by atoms with Crippen molar-refractivity contribution >= 4 is 5.78 Å². The van der Waals surface area contributed by atoms with Gasteiger partial charge in [-0.25, -0.2) is 0 Å². The topological polar surface area (TPSA) is 38.1 Å². The lowest BCUT2D eigenvalue weighted by Gasteiger charge is -2.36. The van der Waals surface area contributed by atoms with Crippen molar-refractivity contribution < 1.29 is 4.79 Å². The van der Waals surface area contributed by atoms with Crippen molar-refractivity contribution in [2.24, 2.45) is 0 Å². The van der Waals surface area contributed by atoms with Gasteiger partial charge in [-0.2, -0.15) is 5.10 Å². The summed E-state index contributed by atoms with van der Waals surface area (Å²) in [6, 6.07) is 1.86. The third-order valence-corrected chi connectivity index (χ3v) is 4.37. The molecule has 0 radical (unpaired) electrons. The second-order valence-corrected chi connectivity index (χ2v) is 5.59. The number of carbonyl (C=O) groups is 1. The van der Waals surface area contributed by atoms with Crippen LogP contribution in [0.5, 0.6) is 0 Å². The fourth-order valence-corrected chi connectivity index (χ4v) is 2.93. The number of Topliss-reactive ketones (excluding diaryl/α,β-unsaturated/α-hetero) is 1. The first-order valence-electron chi connectivity index (χ1n) is 7.45. The summed E-state index contributed by atoms with van der Waals surface area (Å²) in [6.45, 7) is 9.19. The molecule has 1 unspecified atom stereocenters. The number of aryl methyl sites for hydroxylation is 1. The minimum Gasteiger partial charge on any atom is -0.291 e. The highest BCUT2D eigenvalue weighted by atomic mass is 16.1. The summed E-state index contributed by atoms with van der Waals surface area (Å²) in [5.74, 6) is 0.225. The number of carbonyl (C=O) groups excluding carboxylic acids is 1. The smallest absolute Gasteiger partial charge is 0.200 e. The Balaban J connectivity index is 2.26. The van der Waals surface area contributed by atoms with Gasteiger partial charge >= 0.3 is 0 Å². The van der Waals surface area contributed by atoms with Gasteiger partial charge in [0, 0.05) is 12.7 Å². The van der Waals surface area contributed by atoms with Crippen LogP contribution in [0, 0.1) is 0 Å². The Morgan fingerprint density at radius 1 is 1.37 bits per heavy atom. The molecule has 106 valence electrons. The minimum absolute atomic E-state index is 0.225. The molecule has 0 saturated carbocycles. The maximum Gasteiger partial charge on any atom is 0.200 e. The molecule has 1 aromatic heterocycles. The lowest BCUT2D eigenvalue weighted by molar-refractivity contribution is 0.0635. The lowest BCUT2D eigenvalue weighted by atomic mass is 9.89. The Labute approximate surface area is 115 Å². The zero-order valence-electron chi connectivity index (χ0n) is 12.4. The van der Waals surface area contributed by atoms with E-state index in [4.69, 9.17) is 0 Å². The van der Waals surface area contributed by atoms with Crippen molar-refractivity contribution in [3.8, 4) is 0 Å². The summed E-state index contributed by atoms with van der Waals surface area (Å²) < 4.78 is 1.85. The monoisotopic (exact) mass is 263 g/mol. The van der Waals surface area contributed by atoms with Gasteiger partial charge in [-0.3, -0.25) is 14.4 Å². The number of nitrogens with zero attached hydrogens (tertiary/aromatic N) is 3. The number of ketones is 1. The van der Waals surface area contributed by atoms with Gasteiger partial charge in [0.05, 0.1) is 5.54 Å². The number of rotatable bonds is 6. The van der Waals surface area contributed by atoms with Gasteiger partial charge in [-0.05, 0) is 51.8 Å². The fraction of sp³-hybridized carbons (Fsp3) is 0.733. The third kappa shape index (κ3) is 2.59. The maximum atomic E-state index is 12.9. The summed E-state index contributed by atoms with van der Waals surface area (Å²) in [5, 5.41) is 4.28. The van der Waals surface area contributed by atoms with Crippen LogP contribution in [0.25, 0.3) is 0 Å². The van der Waals surface area contributed by atoms with E-state index in [-0.39, 0.29) is 11.3 Å². The van der Waals surface area contributed by atoms with Crippen molar-refractivity contribution in [3.63, 3.8) is 0 Å². The second-order valence-electron chi connectivity index (χ2n) is 5.59. The Bertz CT molecular complexity index is 434. The molecule has 2 heterocycles. The van der Waals surface area contributed by atoms with Crippen molar-refractivity contribution in [1.29, 1.82) is 0 Å². The number of hydrogen-bond donors (Lipinski definition) is 0.